The zero-order chi connectivity index (χ0) is 33.2. The third-order valence-corrected chi connectivity index (χ3v) is 9.75. The first-order valence-electron chi connectivity index (χ1n) is 17.1. The van der Waals surface area contributed by atoms with Gasteiger partial charge in [-0.25, -0.2) is 4.98 Å². The fourth-order valence-corrected chi connectivity index (χ4v) is 7.30. The summed E-state index contributed by atoms with van der Waals surface area (Å²) in [6.07, 6.45) is 0. The van der Waals surface area contributed by atoms with Crippen molar-refractivity contribution in [2.45, 2.75) is 39.5 Å². The highest BCUT2D eigenvalue weighted by atomic mass is 16.3. The van der Waals surface area contributed by atoms with Gasteiger partial charge in [0.25, 0.3) is 0 Å². The summed E-state index contributed by atoms with van der Waals surface area (Å²) in [6.45, 7) is 9.15. The maximum Gasteiger partial charge on any atom is 0.149 e. The lowest BCUT2D eigenvalue weighted by Crippen LogP contribution is -2.09. The van der Waals surface area contributed by atoms with Gasteiger partial charge in [-0.3, -0.25) is 4.57 Å². The minimum atomic E-state index is 0.281. The molecule has 0 N–H and O–H groups in total. The van der Waals surface area contributed by atoms with Crippen molar-refractivity contribution in [2.75, 3.05) is 0 Å². The van der Waals surface area contributed by atoms with Crippen molar-refractivity contribution in [1.29, 1.82) is 0 Å². The summed E-state index contributed by atoms with van der Waals surface area (Å²) in [4.78, 5) is 5.34. The largest absolute Gasteiger partial charge is 0.456 e. The smallest absolute Gasteiger partial charge is 0.149 e. The molecule has 0 spiro atoms. The van der Waals surface area contributed by atoms with Gasteiger partial charge >= 0.3 is 0 Å². The molecule has 0 unspecified atom stereocenters. The van der Waals surface area contributed by atoms with Crippen LogP contribution in [0.5, 0.6) is 0 Å². The fourth-order valence-electron chi connectivity index (χ4n) is 7.30. The molecule has 0 radical (unpaired) electrons. The van der Waals surface area contributed by atoms with Crippen molar-refractivity contribution in [3.05, 3.63) is 145 Å². The van der Waals surface area contributed by atoms with E-state index in [1.165, 1.54) is 27.9 Å². The molecule has 0 aliphatic carbocycles. The second-order valence-electron chi connectivity index (χ2n) is 13.6. The van der Waals surface area contributed by atoms with Crippen LogP contribution in [-0.4, -0.2) is 9.55 Å². The van der Waals surface area contributed by atoms with Crippen molar-refractivity contribution in [1.82, 2.24) is 9.55 Å². The number of imidazole rings is 1. The van der Waals surface area contributed by atoms with E-state index >= 15 is 0 Å². The van der Waals surface area contributed by atoms with Gasteiger partial charge in [0.15, 0.2) is 0 Å². The van der Waals surface area contributed by atoms with Crippen LogP contribution in [0.15, 0.2) is 142 Å². The van der Waals surface area contributed by atoms with Crippen LogP contribution in [-0.2, 0) is 0 Å². The van der Waals surface area contributed by atoms with Gasteiger partial charge in [0.05, 0.1) is 22.3 Å². The van der Waals surface area contributed by atoms with Crippen molar-refractivity contribution in [3.8, 4) is 39.5 Å². The van der Waals surface area contributed by atoms with Gasteiger partial charge in [0, 0.05) is 21.7 Å². The Kier molecular flexibility index (Phi) is 6.80. The minimum Gasteiger partial charge on any atom is -0.456 e. The lowest BCUT2D eigenvalue weighted by atomic mass is 9.88. The van der Waals surface area contributed by atoms with Crippen LogP contribution in [0.2, 0.25) is 0 Å². The number of hydrogen-bond donors (Lipinski definition) is 0. The number of aromatic nitrogens is 2. The van der Waals surface area contributed by atoms with E-state index in [9.17, 15) is 0 Å². The van der Waals surface area contributed by atoms with Gasteiger partial charge in [0.1, 0.15) is 28.3 Å². The third kappa shape index (κ3) is 4.78. The quantitative estimate of drug-likeness (QED) is 0.182. The van der Waals surface area contributed by atoms with Crippen LogP contribution < -0.4 is 0 Å². The molecule has 0 saturated carbocycles. The molecule has 49 heavy (non-hydrogen) atoms. The Balaban J connectivity index is 1.29. The monoisotopic (exact) mass is 636 g/mol. The van der Waals surface area contributed by atoms with Crippen molar-refractivity contribution in [2.24, 2.45) is 0 Å². The molecular formula is C45H36N2O2. The first-order chi connectivity index (χ1) is 23.9. The number of para-hydroxylation sites is 4. The second-order valence-corrected chi connectivity index (χ2v) is 13.6. The van der Waals surface area contributed by atoms with Gasteiger partial charge in [-0.1, -0.05) is 107 Å². The summed E-state index contributed by atoms with van der Waals surface area (Å²) in [5.41, 5.74) is 12.8. The molecule has 0 aliphatic rings. The average molecular weight is 637 g/mol. The SMILES string of the molecule is CC(C)c1cc(-c2ccccc2)cc(C(C)C)c1-n1c(-c2cccc3c2oc2cc(-c4cc5ccccc5o4)ccc23)nc2ccccc21. The number of rotatable bonds is 6. The number of furan rings is 2. The summed E-state index contributed by atoms with van der Waals surface area (Å²) in [6, 6.07) is 46.9. The molecule has 0 aliphatic heterocycles. The molecule has 0 atom stereocenters. The summed E-state index contributed by atoms with van der Waals surface area (Å²) in [5.74, 6) is 2.26. The van der Waals surface area contributed by atoms with Crippen LogP contribution in [0, 0.1) is 0 Å². The number of nitrogens with zero attached hydrogens (tertiary/aromatic N) is 2. The molecule has 6 aromatic carbocycles. The number of fused-ring (bicyclic) bond motifs is 5. The van der Waals surface area contributed by atoms with E-state index in [0.717, 1.165) is 66.7 Å². The van der Waals surface area contributed by atoms with Crippen LogP contribution in [0.4, 0.5) is 0 Å². The van der Waals surface area contributed by atoms with Crippen LogP contribution >= 0.6 is 0 Å². The van der Waals surface area contributed by atoms with Crippen LogP contribution in [0.3, 0.4) is 0 Å². The van der Waals surface area contributed by atoms with E-state index in [0.29, 0.717) is 0 Å². The van der Waals surface area contributed by atoms with E-state index in [2.05, 4.69) is 148 Å². The van der Waals surface area contributed by atoms with Crippen LogP contribution in [0.1, 0.15) is 50.7 Å². The Morgan fingerprint density at radius 1 is 0.551 bits per heavy atom. The molecule has 0 amide bonds. The zero-order valence-electron chi connectivity index (χ0n) is 28.1. The summed E-state index contributed by atoms with van der Waals surface area (Å²) in [7, 11) is 0. The molecule has 3 aromatic heterocycles. The normalized spacial score (nSPS) is 12.0. The first kappa shape index (κ1) is 29.3. The third-order valence-electron chi connectivity index (χ3n) is 9.75. The maximum atomic E-state index is 6.80. The highest BCUT2D eigenvalue weighted by molar-refractivity contribution is 6.10. The highest BCUT2D eigenvalue weighted by Gasteiger charge is 2.25. The molecule has 9 rings (SSSR count). The molecule has 0 bridgehead atoms. The predicted molar refractivity (Wildman–Crippen MR) is 203 cm³/mol. The maximum absolute atomic E-state index is 6.80. The Bertz CT molecular complexity index is 2610. The molecule has 4 nitrogen and oxygen atoms in total. The first-order valence-corrected chi connectivity index (χ1v) is 17.1. The molecular weight excluding hydrogens is 601 g/mol. The molecule has 4 heteroatoms. The highest BCUT2D eigenvalue weighted by Crippen LogP contribution is 2.43. The van der Waals surface area contributed by atoms with E-state index in [1.807, 2.05) is 18.2 Å². The Morgan fingerprint density at radius 3 is 2.06 bits per heavy atom. The van der Waals surface area contributed by atoms with Gasteiger partial charge in [-0.2, -0.15) is 0 Å². The van der Waals surface area contributed by atoms with Gasteiger partial charge in [-0.15, -0.1) is 0 Å². The van der Waals surface area contributed by atoms with E-state index in [1.54, 1.807) is 0 Å². The Morgan fingerprint density at radius 2 is 1.29 bits per heavy atom. The van der Waals surface area contributed by atoms with Crippen molar-refractivity contribution >= 4 is 43.9 Å². The van der Waals surface area contributed by atoms with Crippen molar-refractivity contribution in [3.63, 3.8) is 0 Å². The van der Waals surface area contributed by atoms with E-state index in [4.69, 9.17) is 13.8 Å². The predicted octanol–water partition coefficient (Wildman–Crippen LogP) is 12.9. The number of benzene rings is 6. The molecule has 3 heterocycles. The summed E-state index contributed by atoms with van der Waals surface area (Å²) >= 11 is 0. The minimum absolute atomic E-state index is 0.281. The standard InChI is InChI=1S/C45H36N2O2/c1-27(2)36-23-32(29-13-6-5-7-14-29)24-37(28(3)4)43(36)47-39-19-10-9-18-38(39)46-45(47)35-17-12-16-34-33-22-21-31(26-42(33)49-44(34)35)41-25-30-15-8-11-20-40(30)48-41/h5-28H,1-4H3. The van der Waals surface area contributed by atoms with Gasteiger partial charge in [0.2, 0.25) is 0 Å². The van der Waals surface area contributed by atoms with Gasteiger partial charge < -0.3 is 8.83 Å². The van der Waals surface area contributed by atoms with Gasteiger partial charge in [-0.05, 0) is 88.7 Å². The van der Waals surface area contributed by atoms with Crippen molar-refractivity contribution < 1.29 is 8.83 Å². The second kappa shape index (κ2) is 11.4. The number of hydrogen-bond acceptors (Lipinski definition) is 3. The topological polar surface area (TPSA) is 44.1 Å². The summed E-state index contributed by atoms with van der Waals surface area (Å²) in [5, 5.41) is 3.22. The molecule has 238 valence electrons. The molecule has 9 aromatic rings. The molecule has 0 fully saturated rings. The zero-order valence-corrected chi connectivity index (χ0v) is 28.1. The lowest BCUT2D eigenvalue weighted by molar-refractivity contribution is 0.630. The Hall–Kier alpha value is -5.87. The lowest BCUT2D eigenvalue weighted by Gasteiger charge is -2.24. The van der Waals surface area contributed by atoms with E-state index < -0.39 is 0 Å². The fraction of sp³-hybridized carbons (Fsp3) is 0.133. The average Bonchev–Trinajstić information content (AvgIpc) is 3.84. The summed E-state index contributed by atoms with van der Waals surface area (Å²) < 4.78 is 15.4. The Labute approximate surface area is 285 Å². The molecule has 0 saturated heterocycles. The van der Waals surface area contributed by atoms with Crippen LogP contribution in [0.25, 0.3) is 83.5 Å². The van der Waals surface area contributed by atoms with E-state index in [-0.39, 0.29) is 11.8 Å².